The van der Waals surface area contributed by atoms with E-state index in [2.05, 4.69) is 4.98 Å². The van der Waals surface area contributed by atoms with Crippen molar-refractivity contribution in [3.8, 4) is 0 Å². The van der Waals surface area contributed by atoms with Crippen LogP contribution in [0.25, 0.3) is 10.9 Å². The second kappa shape index (κ2) is 4.98. The van der Waals surface area contributed by atoms with Crippen LogP contribution in [0.5, 0.6) is 0 Å². The molecular formula is C15H14N2O3S. The van der Waals surface area contributed by atoms with Crippen molar-refractivity contribution in [3.63, 3.8) is 0 Å². The number of aliphatic hydroxyl groups excluding tert-OH is 1. The lowest BCUT2D eigenvalue weighted by Crippen LogP contribution is -2.16. The van der Waals surface area contributed by atoms with Crippen molar-refractivity contribution in [3.05, 3.63) is 60.6 Å². The molecule has 2 heterocycles. The fourth-order valence-electron chi connectivity index (χ4n) is 2.31. The Kier molecular flexibility index (Phi) is 3.27. The van der Waals surface area contributed by atoms with Crippen LogP contribution in [0, 0.1) is 0 Å². The van der Waals surface area contributed by atoms with E-state index < -0.39 is 16.1 Å². The Morgan fingerprint density at radius 3 is 2.57 bits per heavy atom. The van der Waals surface area contributed by atoms with Gasteiger partial charge in [-0.1, -0.05) is 18.2 Å². The van der Waals surface area contributed by atoms with Crippen LogP contribution in [0.15, 0.2) is 59.8 Å². The minimum Gasteiger partial charge on any atom is -0.387 e. The lowest BCUT2D eigenvalue weighted by Gasteiger charge is -2.13. The second-order valence-electron chi connectivity index (χ2n) is 4.76. The average molecular weight is 302 g/mol. The van der Waals surface area contributed by atoms with E-state index in [1.54, 1.807) is 43.5 Å². The lowest BCUT2D eigenvalue weighted by molar-refractivity contribution is 0.193. The molecule has 0 amide bonds. The van der Waals surface area contributed by atoms with Crippen molar-refractivity contribution >= 4 is 20.9 Å². The molecule has 0 spiro atoms. The van der Waals surface area contributed by atoms with Crippen molar-refractivity contribution in [2.75, 3.05) is 0 Å². The molecule has 21 heavy (non-hydrogen) atoms. The normalized spacial score (nSPS) is 13.4. The molecule has 6 heteroatoms. The first kappa shape index (κ1) is 13.8. The highest BCUT2D eigenvalue weighted by molar-refractivity contribution is 7.90. The minimum atomic E-state index is -3.77. The highest BCUT2D eigenvalue weighted by Gasteiger charge is 2.24. The van der Waals surface area contributed by atoms with Gasteiger partial charge in [-0.2, -0.15) is 0 Å². The van der Waals surface area contributed by atoms with Gasteiger partial charge in [-0.05, 0) is 31.2 Å². The Bertz CT molecular complexity index is 884. The van der Waals surface area contributed by atoms with E-state index in [4.69, 9.17) is 0 Å². The van der Waals surface area contributed by atoms with Crippen LogP contribution in [0.2, 0.25) is 0 Å². The first-order valence-corrected chi connectivity index (χ1v) is 7.90. The predicted octanol–water partition coefficient (Wildman–Crippen LogP) is 2.33. The summed E-state index contributed by atoms with van der Waals surface area (Å²) in [6.45, 7) is 1.54. The number of fused-ring (bicyclic) bond motifs is 1. The number of rotatable bonds is 3. The van der Waals surface area contributed by atoms with Crippen LogP contribution < -0.4 is 0 Å². The number of nitrogens with zero attached hydrogens (tertiary/aromatic N) is 2. The first-order valence-electron chi connectivity index (χ1n) is 6.46. The Labute approximate surface area is 122 Å². The number of hydrogen-bond donors (Lipinski definition) is 1. The second-order valence-corrected chi connectivity index (χ2v) is 6.55. The van der Waals surface area contributed by atoms with Gasteiger partial charge in [0.05, 0.1) is 22.2 Å². The summed E-state index contributed by atoms with van der Waals surface area (Å²) >= 11 is 0. The van der Waals surface area contributed by atoms with Gasteiger partial charge in [-0.25, -0.2) is 12.4 Å². The SMILES string of the molecule is CC(O)c1cc2cnccc2n1S(=O)(=O)c1ccccc1. The maximum Gasteiger partial charge on any atom is 0.268 e. The smallest absolute Gasteiger partial charge is 0.268 e. The molecule has 0 bridgehead atoms. The van der Waals surface area contributed by atoms with E-state index >= 15 is 0 Å². The van der Waals surface area contributed by atoms with Crippen molar-refractivity contribution in [2.45, 2.75) is 17.9 Å². The maximum absolute atomic E-state index is 12.9. The average Bonchev–Trinajstić information content (AvgIpc) is 2.88. The molecule has 0 aliphatic rings. The number of aliphatic hydroxyl groups is 1. The Hall–Kier alpha value is -2.18. The highest BCUT2D eigenvalue weighted by atomic mass is 32.2. The van der Waals surface area contributed by atoms with E-state index in [-0.39, 0.29) is 4.90 Å². The molecule has 1 aromatic carbocycles. The third-order valence-corrected chi connectivity index (χ3v) is 5.05. The molecule has 0 radical (unpaired) electrons. The molecule has 0 aliphatic carbocycles. The van der Waals surface area contributed by atoms with Crippen LogP contribution in [-0.2, 0) is 10.0 Å². The van der Waals surface area contributed by atoms with Gasteiger partial charge in [-0.3, -0.25) is 4.98 Å². The van der Waals surface area contributed by atoms with E-state index in [1.807, 2.05) is 0 Å². The van der Waals surface area contributed by atoms with Crippen molar-refractivity contribution < 1.29 is 13.5 Å². The molecule has 1 N–H and O–H groups in total. The Morgan fingerprint density at radius 1 is 1.19 bits per heavy atom. The van der Waals surface area contributed by atoms with Gasteiger partial charge in [0.25, 0.3) is 10.0 Å². The molecule has 108 valence electrons. The summed E-state index contributed by atoms with van der Waals surface area (Å²) in [5, 5.41) is 10.6. The molecule has 0 saturated heterocycles. The van der Waals surface area contributed by atoms with Crippen LogP contribution in [0.3, 0.4) is 0 Å². The van der Waals surface area contributed by atoms with Gasteiger partial charge >= 0.3 is 0 Å². The summed E-state index contributed by atoms with van der Waals surface area (Å²) in [5.74, 6) is 0. The highest BCUT2D eigenvalue weighted by Crippen LogP contribution is 2.28. The van der Waals surface area contributed by atoms with Crippen LogP contribution in [0.4, 0.5) is 0 Å². The molecule has 2 aromatic heterocycles. The van der Waals surface area contributed by atoms with Gasteiger partial charge in [-0.15, -0.1) is 0 Å². The molecule has 3 rings (SSSR count). The van der Waals surface area contributed by atoms with Crippen molar-refractivity contribution in [1.29, 1.82) is 0 Å². The summed E-state index contributed by atoms with van der Waals surface area (Å²) in [4.78, 5) is 4.17. The van der Waals surface area contributed by atoms with Crippen LogP contribution in [0.1, 0.15) is 18.7 Å². The van der Waals surface area contributed by atoms with Crippen molar-refractivity contribution in [2.24, 2.45) is 0 Å². The summed E-state index contributed by atoms with van der Waals surface area (Å²) in [5.41, 5.74) is 0.826. The van der Waals surface area contributed by atoms with Gasteiger partial charge in [0.15, 0.2) is 0 Å². The predicted molar refractivity (Wildman–Crippen MR) is 79.4 cm³/mol. The van der Waals surface area contributed by atoms with Gasteiger partial charge < -0.3 is 5.11 Å². The standard InChI is InChI=1S/C15H14N2O3S/c1-11(18)15-9-12-10-16-8-7-14(12)17(15)21(19,20)13-5-3-2-4-6-13/h2-11,18H,1H3. The lowest BCUT2D eigenvalue weighted by atomic mass is 10.3. The number of benzene rings is 1. The van der Waals surface area contributed by atoms with Crippen molar-refractivity contribution in [1.82, 2.24) is 8.96 Å². The molecule has 0 fully saturated rings. The third kappa shape index (κ3) is 2.22. The molecular weight excluding hydrogens is 288 g/mol. The summed E-state index contributed by atoms with van der Waals surface area (Å²) in [6.07, 6.45) is 2.21. The number of aromatic nitrogens is 2. The van der Waals surface area contributed by atoms with E-state index in [0.717, 1.165) is 0 Å². The summed E-state index contributed by atoms with van der Waals surface area (Å²) in [6, 6.07) is 11.4. The molecule has 5 nitrogen and oxygen atoms in total. The maximum atomic E-state index is 12.9. The van der Waals surface area contributed by atoms with E-state index in [9.17, 15) is 13.5 Å². The molecule has 1 atom stereocenters. The quantitative estimate of drug-likeness (QED) is 0.806. The Morgan fingerprint density at radius 2 is 1.90 bits per heavy atom. The Balaban J connectivity index is 2.36. The molecule has 1 unspecified atom stereocenters. The monoisotopic (exact) mass is 302 g/mol. The zero-order valence-corrected chi connectivity index (χ0v) is 12.2. The minimum absolute atomic E-state index is 0.182. The number of hydrogen-bond acceptors (Lipinski definition) is 4. The van der Waals surface area contributed by atoms with Gasteiger partial charge in [0.2, 0.25) is 0 Å². The van der Waals surface area contributed by atoms with E-state index in [0.29, 0.717) is 16.6 Å². The first-order chi connectivity index (χ1) is 10.0. The third-order valence-electron chi connectivity index (χ3n) is 3.29. The summed E-state index contributed by atoms with van der Waals surface area (Å²) < 4.78 is 26.9. The van der Waals surface area contributed by atoms with E-state index in [1.165, 1.54) is 22.3 Å². The number of pyridine rings is 1. The largest absolute Gasteiger partial charge is 0.387 e. The summed E-state index contributed by atoms with van der Waals surface area (Å²) in [7, 11) is -3.77. The van der Waals surface area contributed by atoms with Gasteiger partial charge in [0.1, 0.15) is 0 Å². The fraction of sp³-hybridized carbons (Fsp3) is 0.133. The van der Waals surface area contributed by atoms with Gasteiger partial charge in [0, 0.05) is 17.8 Å². The van der Waals surface area contributed by atoms with Crippen LogP contribution in [-0.4, -0.2) is 22.5 Å². The molecule has 0 saturated carbocycles. The fourth-order valence-corrected chi connectivity index (χ4v) is 3.93. The zero-order chi connectivity index (χ0) is 15.0. The topological polar surface area (TPSA) is 72.2 Å². The molecule has 3 aromatic rings. The van der Waals surface area contributed by atoms with Crippen LogP contribution >= 0.6 is 0 Å². The zero-order valence-electron chi connectivity index (χ0n) is 11.3. The molecule has 0 aliphatic heterocycles.